The summed E-state index contributed by atoms with van der Waals surface area (Å²) in [6.45, 7) is 0. The standard InChI is InChI=1S/C15H10INO4/c16-12-5-3-11(4-6-12)14(18)7-1-10-2-8-15(19)13(9-10)17(20)21/h1-9,19H/p-1/b7-1+. The van der Waals surface area contributed by atoms with Gasteiger partial charge in [-0.25, -0.2) is 0 Å². The van der Waals surface area contributed by atoms with E-state index in [-0.39, 0.29) is 5.78 Å². The molecule has 21 heavy (non-hydrogen) atoms. The Morgan fingerprint density at radius 3 is 2.43 bits per heavy atom. The summed E-state index contributed by atoms with van der Waals surface area (Å²) in [6.07, 6.45) is 2.78. The molecule has 0 bridgehead atoms. The first-order valence-electron chi connectivity index (χ1n) is 5.91. The van der Waals surface area contributed by atoms with E-state index < -0.39 is 16.4 Å². The van der Waals surface area contributed by atoms with Crippen molar-refractivity contribution in [2.75, 3.05) is 0 Å². The number of nitro groups is 1. The second-order valence-corrected chi connectivity index (χ2v) is 5.43. The number of ketones is 1. The maximum Gasteiger partial charge on any atom is 0.262 e. The molecule has 2 rings (SSSR count). The summed E-state index contributed by atoms with van der Waals surface area (Å²) in [5, 5.41) is 22.0. The van der Waals surface area contributed by atoms with Crippen molar-refractivity contribution in [3.05, 3.63) is 73.4 Å². The van der Waals surface area contributed by atoms with Gasteiger partial charge in [0.25, 0.3) is 5.69 Å². The van der Waals surface area contributed by atoms with Gasteiger partial charge in [0.1, 0.15) is 0 Å². The summed E-state index contributed by atoms with van der Waals surface area (Å²) >= 11 is 2.14. The molecule has 2 aromatic carbocycles. The van der Waals surface area contributed by atoms with Gasteiger partial charge in [-0.1, -0.05) is 30.3 Å². The normalized spacial score (nSPS) is 10.7. The molecule has 0 unspecified atom stereocenters. The molecule has 0 atom stereocenters. The fourth-order valence-electron chi connectivity index (χ4n) is 1.66. The van der Waals surface area contributed by atoms with Crippen LogP contribution in [-0.2, 0) is 0 Å². The molecule has 0 saturated heterocycles. The van der Waals surface area contributed by atoms with Crippen molar-refractivity contribution in [1.82, 2.24) is 0 Å². The number of carbonyl (C=O) groups is 1. The Labute approximate surface area is 134 Å². The van der Waals surface area contributed by atoms with E-state index in [2.05, 4.69) is 22.6 Å². The molecule has 0 aliphatic rings. The molecule has 0 aliphatic carbocycles. The average Bonchev–Trinajstić information content (AvgIpc) is 2.46. The maximum atomic E-state index is 11.9. The number of benzene rings is 2. The van der Waals surface area contributed by atoms with E-state index in [1.165, 1.54) is 18.2 Å². The van der Waals surface area contributed by atoms with E-state index in [0.29, 0.717) is 11.1 Å². The van der Waals surface area contributed by atoms with Crippen LogP contribution in [0.15, 0.2) is 48.5 Å². The van der Waals surface area contributed by atoms with Gasteiger partial charge in [-0.3, -0.25) is 14.9 Å². The molecule has 0 radical (unpaired) electrons. The number of nitro benzene ring substituents is 1. The molecule has 6 heteroatoms. The van der Waals surface area contributed by atoms with E-state index in [4.69, 9.17) is 0 Å². The first kappa shape index (κ1) is 15.2. The Hall–Kier alpha value is -2.22. The third-order valence-electron chi connectivity index (χ3n) is 2.74. The molecule has 0 saturated carbocycles. The smallest absolute Gasteiger partial charge is 0.262 e. The molecule has 0 aromatic heterocycles. The van der Waals surface area contributed by atoms with Crippen molar-refractivity contribution in [1.29, 1.82) is 0 Å². The van der Waals surface area contributed by atoms with Crippen LogP contribution in [-0.4, -0.2) is 10.7 Å². The largest absolute Gasteiger partial charge is 0.868 e. The van der Waals surface area contributed by atoms with Gasteiger partial charge in [0.15, 0.2) is 5.78 Å². The quantitative estimate of drug-likeness (QED) is 0.262. The fraction of sp³-hybridized carbons (Fsp3) is 0. The van der Waals surface area contributed by atoms with Crippen molar-refractivity contribution in [3.63, 3.8) is 0 Å². The van der Waals surface area contributed by atoms with Crippen LogP contribution in [0.3, 0.4) is 0 Å². The van der Waals surface area contributed by atoms with Gasteiger partial charge in [0.05, 0.1) is 4.92 Å². The maximum absolute atomic E-state index is 11.9. The van der Waals surface area contributed by atoms with Gasteiger partial charge in [-0.15, -0.1) is 0 Å². The van der Waals surface area contributed by atoms with Crippen molar-refractivity contribution in [2.24, 2.45) is 0 Å². The number of allylic oxidation sites excluding steroid dienone is 1. The number of carbonyl (C=O) groups excluding carboxylic acids is 1. The summed E-state index contributed by atoms with van der Waals surface area (Å²) in [6, 6.07) is 10.8. The van der Waals surface area contributed by atoms with Gasteiger partial charge in [-0.2, -0.15) is 0 Å². The zero-order chi connectivity index (χ0) is 15.4. The highest BCUT2D eigenvalue weighted by atomic mass is 127. The molecule has 5 nitrogen and oxygen atoms in total. The molecule has 0 amide bonds. The Morgan fingerprint density at radius 2 is 1.81 bits per heavy atom. The van der Waals surface area contributed by atoms with Gasteiger partial charge in [0, 0.05) is 15.2 Å². The van der Waals surface area contributed by atoms with Crippen LogP contribution in [0.1, 0.15) is 15.9 Å². The van der Waals surface area contributed by atoms with Gasteiger partial charge in [0.2, 0.25) is 0 Å². The van der Waals surface area contributed by atoms with Crippen LogP contribution in [0.25, 0.3) is 6.08 Å². The van der Waals surface area contributed by atoms with E-state index >= 15 is 0 Å². The van der Waals surface area contributed by atoms with Crippen LogP contribution < -0.4 is 5.11 Å². The van der Waals surface area contributed by atoms with Crippen LogP contribution in [0.4, 0.5) is 5.69 Å². The second-order valence-electron chi connectivity index (χ2n) is 4.19. The number of halogens is 1. The minimum Gasteiger partial charge on any atom is -0.868 e. The topological polar surface area (TPSA) is 83.3 Å². The molecule has 0 heterocycles. The molecule has 0 aliphatic heterocycles. The predicted octanol–water partition coefficient (Wildman–Crippen LogP) is 3.17. The SMILES string of the molecule is O=C(/C=C/c1ccc([O-])c([N+](=O)[O-])c1)c1ccc(I)cc1. The summed E-state index contributed by atoms with van der Waals surface area (Å²) in [7, 11) is 0. The lowest BCUT2D eigenvalue weighted by atomic mass is 10.1. The highest BCUT2D eigenvalue weighted by Gasteiger charge is 2.07. The molecule has 106 valence electrons. The summed E-state index contributed by atoms with van der Waals surface area (Å²) in [4.78, 5) is 21.9. The second kappa shape index (κ2) is 6.49. The highest BCUT2D eigenvalue weighted by Crippen LogP contribution is 2.24. The van der Waals surface area contributed by atoms with E-state index in [9.17, 15) is 20.0 Å². The lowest BCUT2D eigenvalue weighted by molar-refractivity contribution is -0.398. The average molecular weight is 394 g/mol. The minimum absolute atomic E-state index is 0.208. The van der Waals surface area contributed by atoms with Crippen molar-refractivity contribution in [3.8, 4) is 5.75 Å². The summed E-state index contributed by atoms with van der Waals surface area (Å²) in [5.74, 6) is -0.860. The van der Waals surface area contributed by atoms with Gasteiger partial charge >= 0.3 is 0 Å². The molecule has 0 spiro atoms. The van der Waals surface area contributed by atoms with Crippen LogP contribution >= 0.6 is 22.6 Å². The minimum atomic E-state index is -0.735. The lowest BCUT2D eigenvalue weighted by Gasteiger charge is -2.06. The van der Waals surface area contributed by atoms with Crippen LogP contribution in [0.2, 0.25) is 0 Å². The number of hydrogen-bond acceptors (Lipinski definition) is 4. The molecule has 0 fully saturated rings. The van der Waals surface area contributed by atoms with Crippen molar-refractivity contribution < 1.29 is 14.8 Å². The summed E-state index contributed by atoms with van der Waals surface area (Å²) < 4.78 is 1.02. The van der Waals surface area contributed by atoms with Gasteiger partial charge < -0.3 is 5.11 Å². The zero-order valence-electron chi connectivity index (χ0n) is 10.7. The summed E-state index contributed by atoms with van der Waals surface area (Å²) in [5.41, 5.74) is 0.459. The van der Waals surface area contributed by atoms with Crippen molar-refractivity contribution >= 4 is 40.1 Å². The van der Waals surface area contributed by atoms with E-state index in [1.54, 1.807) is 12.1 Å². The van der Waals surface area contributed by atoms with Crippen LogP contribution in [0, 0.1) is 13.7 Å². The Morgan fingerprint density at radius 1 is 1.14 bits per heavy atom. The Balaban J connectivity index is 2.21. The highest BCUT2D eigenvalue weighted by molar-refractivity contribution is 14.1. The third-order valence-corrected chi connectivity index (χ3v) is 3.45. The number of rotatable bonds is 4. The fourth-order valence-corrected chi connectivity index (χ4v) is 2.02. The lowest BCUT2D eigenvalue weighted by Crippen LogP contribution is -1.98. The van der Waals surface area contributed by atoms with E-state index in [0.717, 1.165) is 15.7 Å². The molecule has 2 aromatic rings. The Bertz CT molecular complexity index is 723. The van der Waals surface area contributed by atoms with Crippen LogP contribution in [0.5, 0.6) is 5.75 Å². The monoisotopic (exact) mass is 394 g/mol. The third kappa shape index (κ3) is 3.88. The Kier molecular flexibility index (Phi) is 4.69. The molecular weight excluding hydrogens is 385 g/mol. The predicted molar refractivity (Wildman–Crippen MR) is 85.1 cm³/mol. The number of hydrogen-bond donors (Lipinski definition) is 0. The number of nitrogens with zero attached hydrogens (tertiary/aromatic N) is 1. The van der Waals surface area contributed by atoms with Crippen molar-refractivity contribution in [2.45, 2.75) is 0 Å². The van der Waals surface area contributed by atoms with Gasteiger partial charge in [-0.05, 0) is 52.1 Å². The zero-order valence-corrected chi connectivity index (χ0v) is 12.8. The first-order valence-corrected chi connectivity index (χ1v) is 6.98. The van der Waals surface area contributed by atoms with E-state index in [1.807, 2.05) is 12.1 Å². The first-order chi connectivity index (χ1) is 9.97. The molecule has 0 N–H and O–H groups in total. The molecular formula is C15H9INO4-.